The van der Waals surface area contributed by atoms with Crippen LogP contribution in [0.15, 0.2) is 29.2 Å². The largest absolute Gasteiger partial charge is 0.443 e. The molecule has 0 unspecified atom stereocenters. The molecule has 1 aromatic carbocycles. The summed E-state index contributed by atoms with van der Waals surface area (Å²) in [4.78, 5) is 24.9. The normalized spacial score (nSPS) is 15.6. The summed E-state index contributed by atoms with van der Waals surface area (Å²) in [6, 6.07) is 4.95. The molecule has 9 heteroatoms. The molecule has 0 aromatic heterocycles. The summed E-state index contributed by atoms with van der Waals surface area (Å²) in [6.45, 7) is 6.96. The fourth-order valence-corrected chi connectivity index (χ4v) is 3.93. The monoisotopic (exact) mass is 411 g/mol. The third-order valence-corrected chi connectivity index (χ3v) is 5.66. The Labute approximate surface area is 166 Å². The van der Waals surface area contributed by atoms with Crippen LogP contribution in [0.4, 0.5) is 9.59 Å². The second-order valence-electron chi connectivity index (χ2n) is 8.00. The standard InChI is InChI=1S/C19H29N3O5S/c1-14-10-12-16(13-11-14)28(25,26)21-17(23)22(15-8-6-5-7-9-15)20-18(24)27-19(2,3)4/h10-13,15H,5-9H2,1-4H3,(H,20,24)(H,21,23). The van der Waals surface area contributed by atoms with Gasteiger partial charge in [0.15, 0.2) is 0 Å². The molecular formula is C19H29N3O5S. The molecule has 0 saturated heterocycles. The molecule has 1 fully saturated rings. The van der Waals surface area contributed by atoms with Crippen molar-refractivity contribution in [3.8, 4) is 0 Å². The second kappa shape index (κ2) is 8.81. The SMILES string of the molecule is Cc1ccc(S(=O)(=O)NC(=O)N(NC(=O)OC(C)(C)C)C2CCCCC2)cc1. The minimum Gasteiger partial charge on any atom is -0.443 e. The van der Waals surface area contributed by atoms with E-state index >= 15 is 0 Å². The van der Waals surface area contributed by atoms with Crippen LogP contribution in [0.2, 0.25) is 0 Å². The van der Waals surface area contributed by atoms with Crippen LogP contribution in [0.3, 0.4) is 0 Å². The molecule has 3 amide bonds. The molecule has 1 aliphatic carbocycles. The van der Waals surface area contributed by atoms with E-state index < -0.39 is 27.7 Å². The minimum absolute atomic E-state index is 0.0210. The Kier molecular flexibility index (Phi) is 6.92. The van der Waals surface area contributed by atoms with Crippen LogP contribution in [0, 0.1) is 6.92 Å². The van der Waals surface area contributed by atoms with Gasteiger partial charge in [-0.2, -0.15) is 0 Å². The zero-order valence-corrected chi connectivity index (χ0v) is 17.6. The number of urea groups is 1. The number of ether oxygens (including phenoxy) is 1. The van der Waals surface area contributed by atoms with Crippen LogP contribution in [-0.4, -0.2) is 37.2 Å². The van der Waals surface area contributed by atoms with E-state index in [1.165, 1.54) is 12.1 Å². The maximum absolute atomic E-state index is 12.8. The number of hydrogen-bond acceptors (Lipinski definition) is 5. The maximum Gasteiger partial charge on any atom is 0.426 e. The van der Waals surface area contributed by atoms with E-state index in [2.05, 4.69) is 5.43 Å². The number of carbonyl (C=O) groups excluding carboxylic acids is 2. The Morgan fingerprint density at radius 1 is 1.07 bits per heavy atom. The Morgan fingerprint density at radius 3 is 2.18 bits per heavy atom. The first-order valence-electron chi connectivity index (χ1n) is 9.40. The number of aryl methyl sites for hydroxylation is 1. The highest BCUT2D eigenvalue weighted by atomic mass is 32.2. The lowest BCUT2D eigenvalue weighted by molar-refractivity contribution is 0.0297. The predicted molar refractivity (Wildman–Crippen MR) is 105 cm³/mol. The summed E-state index contributed by atoms with van der Waals surface area (Å²) in [7, 11) is -4.06. The van der Waals surface area contributed by atoms with E-state index in [9.17, 15) is 18.0 Å². The Hall–Kier alpha value is -2.29. The average Bonchev–Trinajstić information content (AvgIpc) is 2.59. The smallest absolute Gasteiger partial charge is 0.426 e. The molecule has 0 radical (unpaired) electrons. The van der Waals surface area contributed by atoms with Crippen molar-refractivity contribution >= 4 is 22.1 Å². The van der Waals surface area contributed by atoms with Gasteiger partial charge in [-0.3, -0.25) is 0 Å². The van der Waals surface area contributed by atoms with Gasteiger partial charge in [-0.05, 0) is 52.7 Å². The Morgan fingerprint density at radius 2 is 1.64 bits per heavy atom. The summed E-state index contributed by atoms with van der Waals surface area (Å²) in [6.07, 6.45) is 3.38. The number of nitrogens with zero attached hydrogens (tertiary/aromatic N) is 1. The van der Waals surface area contributed by atoms with Gasteiger partial charge in [-0.15, -0.1) is 0 Å². The number of rotatable bonds is 3. The number of hydrogen-bond donors (Lipinski definition) is 2. The van der Waals surface area contributed by atoms with Crippen molar-refractivity contribution in [2.24, 2.45) is 0 Å². The number of hydrazine groups is 1. The zero-order chi connectivity index (χ0) is 20.9. The summed E-state index contributed by atoms with van der Waals surface area (Å²) in [5.74, 6) is 0. The number of benzene rings is 1. The van der Waals surface area contributed by atoms with Crippen LogP contribution in [0.1, 0.15) is 58.4 Å². The molecule has 0 atom stereocenters. The number of amides is 3. The first-order chi connectivity index (χ1) is 13.0. The summed E-state index contributed by atoms with van der Waals surface area (Å²) < 4.78 is 32.4. The van der Waals surface area contributed by atoms with Crippen molar-refractivity contribution in [2.75, 3.05) is 0 Å². The Balaban J connectivity index is 2.17. The van der Waals surface area contributed by atoms with Crippen molar-refractivity contribution in [1.29, 1.82) is 0 Å². The van der Waals surface area contributed by atoms with Crippen molar-refractivity contribution in [3.63, 3.8) is 0 Å². The molecule has 0 aliphatic heterocycles. The third-order valence-electron chi connectivity index (χ3n) is 4.32. The molecule has 0 spiro atoms. The molecule has 0 bridgehead atoms. The molecule has 8 nitrogen and oxygen atoms in total. The van der Waals surface area contributed by atoms with E-state index in [1.807, 2.05) is 11.6 Å². The molecule has 156 valence electrons. The summed E-state index contributed by atoms with van der Waals surface area (Å²) >= 11 is 0. The highest BCUT2D eigenvalue weighted by Gasteiger charge is 2.31. The molecule has 0 heterocycles. The zero-order valence-electron chi connectivity index (χ0n) is 16.8. The average molecular weight is 412 g/mol. The van der Waals surface area contributed by atoms with E-state index in [4.69, 9.17) is 4.74 Å². The van der Waals surface area contributed by atoms with Gasteiger partial charge in [-0.1, -0.05) is 37.0 Å². The minimum atomic E-state index is -4.06. The van der Waals surface area contributed by atoms with Crippen molar-refractivity contribution in [2.45, 2.75) is 76.3 Å². The highest BCUT2D eigenvalue weighted by Crippen LogP contribution is 2.22. The lowest BCUT2D eigenvalue weighted by Crippen LogP contribution is -2.57. The summed E-state index contributed by atoms with van der Waals surface area (Å²) in [5, 5.41) is 1.05. The van der Waals surface area contributed by atoms with Gasteiger partial charge >= 0.3 is 12.1 Å². The highest BCUT2D eigenvalue weighted by molar-refractivity contribution is 7.90. The molecule has 2 rings (SSSR count). The Bertz CT molecular complexity index is 794. The fraction of sp³-hybridized carbons (Fsp3) is 0.579. The van der Waals surface area contributed by atoms with Crippen LogP contribution in [0.25, 0.3) is 0 Å². The predicted octanol–water partition coefficient (Wildman–Crippen LogP) is 3.47. The number of nitrogens with one attached hydrogen (secondary N) is 2. The van der Waals surface area contributed by atoms with Gasteiger partial charge in [0.05, 0.1) is 10.9 Å². The lowest BCUT2D eigenvalue weighted by Gasteiger charge is -2.34. The van der Waals surface area contributed by atoms with Crippen molar-refractivity contribution in [3.05, 3.63) is 29.8 Å². The quantitative estimate of drug-likeness (QED) is 0.741. The van der Waals surface area contributed by atoms with Gasteiger partial charge in [-0.25, -0.2) is 33.2 Å². The van der Waals surface area contributed by atoms with Gasteiger partial charge in [0.1, 0.15) is 5.60 Å². The molecule has 2 N–H and O–H groups in total. The molecule has 28 heavy (non-hydrogen) atoms. The maximum atomic E-state index is 12.8. The van der Waals surface area contributed by atoms with Gasteiger partial charge in [0, 0.05) is 0 Å². The van der Waals surface area contributed by atoms with Crippen LogP contribution < -0.4 is 10.1 Å². The molecule has 1 aliphatic rings. The van der Waals surface area contributed by atoms with Crippen LogP contribution in [0.5, 0.6) is 0 Å². The van der Waals surface area contributed by atoms with Crippen LogP contribution in [-0.2, 0) is 14.8 Å². The van der Waals surface area contributed by atoms with Crippen molar-refractivity contribution < 1.29 is 22.7 Å². The van der Waals surface area contributed by atoms with Crippen molar-refractivity contribution in [1.82, 2.24) is 15.2 Å². The van der Waals surface area contributed by atoms with E-state index in [0.29, 0.717) is 12.8 Å². The first kappa shape index (κ1) is 22.0. The van der Waals surface area contributed by atoms with E-state index in [0.717, 1.165) is 29.8 Å². The van der Waals surface area contributed by atoms with Gasteiger partial charge in [0.25, 0.3) is 10.0 Å². The first-order valence-corrected chi connectivity index (χ1v) is 10.9. The van der Waals surface area contributed by atoms with E-state index in [-0.39, 0.29) is 10.9 Å². The van der Waals surface area contributed by atoms with Gasteiger partial charge < -0.3 is 4.74 Å². The number of carbonyl (C=O) groups is 2. The number of sulfonamides is 1. The van der Waals surface area contributed by atoms with Gasteiger partial charge in [0.2, 0.25) is 0 Å². The molecular weight excluding hydrogens is 382 g/mol. The van der Waals surface area contributed by atoms with E-state index in [1.54, 1.807) is 32.9 Å². The topological polar surface area (TPSA) is 105 Å². The second-order valence-corrected chi connectivity index (χ2v) is 9.68. The lowest BCUT2D eigenvalue weighted by atomic mass is 9.95. The third kappa shape index (κ3) is 6.40. The molecule has 1 aromatic rings. The molecule has 1 saturated carbocycles. The fourth-order valence-electron chi connectivity index (χ4n) is 2.99. The summed E-state index contributed by atoms with van der Waals surface area (Å²) in [5.41, 5.74) is 2.58. The van der Waals surface area contributed by atoms with Crippen LogP contribution >= 0.6 is 0 Å².